The topological polar surface area (TPSA) is 118 Å². The number of methoxy groups -OCH3 is 1. The molecule has 0 fully saturated rings. The highest BCUT2D eigenvalue weighted by atomic mass is 32.1. The van der Waals surface area contributed by atoms with Gasteiger partial charge in [0.1, 0.15) is 5.69 Å². The minimum Gasteiger partial charge on any atom is -0.480 e. The van der Waals surface area contributed by atoms with Gasteiger partial charge in [-0.1, -0.05) is 0 Å². The Hall–Kier alpha value is -2.00. The van der Waals surface area contributed by atoms with E-state index < -0.39 is 0 Å². The average molecular weight is 270 g/mol. The van der Waals surface area contributed by atoms with Gasteiger partial charge in [0.15, 0.2) is 10.9 Å². The summed E-state index contributed by atoms with van der Waals surface area (Å²) in [6.45, 7) is 0.308. The van der Waals surface area contributed by atoms with E-state index in [2.05, 4.69) is 25.8 Å². The molecule has 0 spiro atoms. The van der Waals surface area contributed by atoms with Crippen LogP contribution in [0, 0.1) is 0 Å². The Balaban J connectivity index is 2.62. The van der Waals surface area contributed by atoms with Crippen LogP contribution in [0.3, 0.4) is 0 Å². The predicted octanol–water partition coefficient (Wildman–Crippen LogP) is -1.44. The highest BCUT2D eigenvalue weighted by molar-refractivity contribution is 7.80. The van der Waals surface area contributed by atoms with E-state index in [0.717, 1.165) is 0 Å². The monoisotopic (exact) mass is 270 g/mol. The number of aromatic nitrogens is 2. The highest BCUT2D eigenvalue weighted by Gasteiger charge is 2.03. The second kappa shape index (κ2) is 7.35. The summed E-state index contributed by atoms with van der Waals surface area (Å²) in [5, 5.41) is 15.4. The molecule has 0 bridgehead atoms. The summed E-state index contributed by atoms with van der Waals surface area (Å²) in [5.41, 5.74) is 8.57. The number of hydrogen-bond donors (Lipinski definition) is 4. The molecule has 1 rings (SSSR count). The molecule has 0 saturated heterocycles. The van der Waals surface area contributed by atoms with Gasteiger partial charge in [0.2, 0.25) is 5.88 Å². The predicted molar refractivity (Wildman–Crippen MR) is 70.1 cm³/mol. The second-order valence-electron chi connectivity index (χ2n) is 3.04. The Morgan fingerprint density at radius 1 is 1.61 bits per heavy atom. The minimum atomic E-state index is -0.0254. The van der Waals surface area contributed by atoms with Crippen molar-refractivity contribution in [2.75, 3.05) is 20.3 Å². The molecule has 0 unspecified atom stereocenters. The standard InChI is InChI=1S/C9H14N6O2S/c1-17-7-5-11-4-6(13-7)8(10)14-15-9(18)12-2-3-16/h4-5,16H,2-3H2,1H3,(H2,10,14)(H2,12,15,18). The molecule has 0 amide bonds. The van der Waals surface area contributed by atoms with Crippen LogP contribution in [0.25, 0.3) is 0 Å². The molecular weight excluding hydrogens is 256 g/mol. The van der Waals surface area contributed by atoms with Gasteiger partial charge in [-0.05, 0) is 12.2 Å². The number of ether oxygens (including phenoxy) is 1. The first kappa shape index (κ1) is 14.1. The maximum atomic E-state index is 8.59. The fourth-order valence-electron chi connectivity index (χ4n) is 0.947. The maximum absolute atomic E-state index is 8.59. The first-order chi connectivity index (χ1) is 8.67. The van der Waals surface area contributed by atoms with Crippen molar-refractivity contribution in [1.82, 2.24) is 20.7 Å². The summed E-state index contributed by atoms with van der Waals surface area (Å²) in [7, 11) is 1.48. The zero-order valence-corrected chi connectivity index (χ0v) is 10.6. The molecule has 0 aromatic carbocycles. The van der Waals surface area contributed by atoms with E-state index in [1.807, 2.05) is 0 Å². The largest absolute Gasteiger partial charge is 0.480 e. The third-order valence-electron chi connectivity index (χ3n) is 1.76. The van der Waals surface area contributed by atoms with Crippen molar-refractivity contribution in [2.45, 2.75) is 0 Å². The van der Waals surface area contributed by atoms with Crippen molar-refractivity contribution < 1.29 is 9.84 Å². The van der Waals surface area contributed by atoms with Gasteiger partial charge in [-0.25, -0.2) is 4.98 Å². The Kier molecular flexibility index (Phi) is 5.74. The molecule has 1 aromatic rings. The van der Waals surface area contributed by atoms with Crippen molar-refractivity contribution in [3.8, 4) is 5.88 Å². The molecule has 0 aliphatic carbocycles. The van der Waals surface area contributed by atoms with Crippen molar-refractivity contribution in [1.29, 1.82) is 0 Å². The molecule has 1 heterocycles. The first-order valence-corrected chi connectivity index (χ1v) is 5.42. The summed E-state index contributed by atoms with van der Waals surface area (Å²) in [5.74, 6) is 0.459. The van der Waals surface area contributed by atoms with E-state index in [0.29, 0.717) is 18.1 Å². The molecular formula is C9H14N6O2S. The molecule has 8 nitrogen and oxygen atoms in total. The zero-order chi connectivity index (χ0) is 13.4. The summed E-state index contributed by atoms with van der Waals surface area (Å²) >= 11 is 4.88. The van der Waals surface area contributed by atoms with Crippen LogP contribution in [0.1, 0.15) is 5.69 Å². The lowest BCUT2D eigenvalue weighted by molar-refractivity contribution is 0.300. The lowest BCUT2D eigenvalue weighted by Crippen LogP contribution is -2.35. The molecule has 0 radical (unpaired) electrons. The Morgan fingerprint density at radius 2 is 2.39 bits per heavy atom. The number of nitrogens with one attached hydrogen (secondary N) is 2. The number of hydrogen-bond acceptors (Lipinski definition) is 6. The summed E-state index contributed by atoms with van der Waals surface area (Å²) in [6.07, 6.45) is 2.91. The number of aliphatic hydroxyl groups excluding tert-OH is 1. The van der Waals surface area contributed by atoms with Crippen molar-refractivity contribution >= 4 is 23.2 Å². The van der Waals surface area contributed by atoms with Crippen molar-refractivity contribution in [3.05, 3.63) is 18.1 Å². The van der Waals surface area contributed by atoms with E-state index in [4.69, 9.17) is 27.8 Å². The Bertz CT molecular complexity index is 439. The minimum absolute atomic E-state index is 0.0254. The van der Waals surface area contributed by atoms with E-state index in [1.165, 1.54) is 19.5 Å². The quantitative estimate of drug-likeness (QED) is 0.222. The second-order valence-corrected chi connectivity index (χ2v) is 3.44. The van der Waals surface area contributed by atoms with Crippen molar-refractivity contribution in [2.24, 2.45) is 10.8 Å². The maximum Gasteiger partial charge on any atom is 0.232 e. The summed E-state index contributed by atoms with van der Waals surface area (Å²) in [4.78, 5) is 7.94. The number of thiocarbonyl (C=S) groups is 1. The summed E-state index contributed by atoms with van der Waals surface area (Å²) < 4.78 is 4.91. The zero-order valence-electron chi connectivity index (χ0n) is 9.75. The molecule has 0 atom stereocenters. The molecule has 0 saturated carbocycles. The van der Waals surface area contributed by atoms with Crippen LogP contribution in [-0.2, 0) is 0 Å². The van der Waals surface area contributed by atoms with E-state index in [1.54, 1.807) is 0 Å². The van der Waals surface area contributed by atoms with Crippen LogP contribution in [0.4, 0.5) is 0 Å². The van der Waals surface area contributed by atoms with Gasteiger partial charge < -0.3 is 20.9 Å². The van der Waals surface area contributed by atoms with Gasteiger partial charge >= 0.3 is 0 Å². The van der Waals surface area contributed by atoms with Gasteiger partial charge in [-0.3, -0.25) is 10.4 Å². The Labute approximate surface area is 109 Å². The number of nitrogens with two attached hydrogens (primary N) is 1. The van der Waals surface area contributed by atoms with Crippen LogP contribution in [0.5, 0.6) is 5.88 Å². The van der Waals surface area contributed by atoms with Gasteiger partial charge in [0.05, 0.1) is 26.1 Å². The van der Waals surface area contributed by atoms with Gasteiger partial charge in [-0.2, -0.15) is 5.10 Å². The summed E-state index contributed by atoms with van der Waals surface area (Å²) in [6, 6.07) is 0. The SMILES string of the molecule is COc1cncc(/C(N)=N\NC(=S)NCCO)n1. The van der Waals surface area contributed by atoms with Gasteiger partial charge in [0.25, 0.3) is 0 Å². The van der Waals surface area contributed by atoms with Gasteiger partial charge in [-0.15, -0.1) is 0 Å². The van der Waals surface area contributed by atoms with E-state index >= 15 is 0 Å². The molecule has 0 aliphatic rings. The number of rotatable bonds is 5. The number of nitrogens with zero attached hydrogens (tertiary/aromatic N) is 3. The lowest BCUT2D eigenvalue weighted by atomic mass is 10.4. The number of amidine groups is 1. The normalized spacial score (nSPS) is 10.9. The molecule has 98 valence electrons. The van der Waals surface area contributed by atoms with Crippen LogP contribution in [0.2, 0.25) is 0 Å². The van der Waals surface area contributed by atoms with E-state index in [9.17, 15) is 0 Å². The van der Waals surface area contributed by atoms with Crippen LogP contribution in [-0.4, -0.2) is 46.3 Å². The third-order valence-corrected chi connectivity index (χ3v) is 1.99. The smallest absolute Gasteiger partial charge is 0.232 e. The third kappa shape index (κ3) is 4.47. The number of hydrazone groups is 1. The first-order valence-electron chi connectivity index (χ1n) is 5.01. The lowest BCUT2D eigenvalue weighted by Gasteiger charge is -2.06. The average Bonchev–Trinajstić information content (AvgIpc) is 2.42. The highest BCUT2D eigenvalue weighted by Crippen LogP contribution is 2.02. The molecule has 9 heteroatoms. The van der Waals surface area contributed by atoms with Crippen LogP contribution < -0.4 is 21.2 Å². The fourth-order valence-corrected chi connectivity index (χ4v) is 1.09. The van der Waals surface area contributed by atoms with Crippen molar-refractivity contribution in [3.63, 3.8) is 0 Å². The molecule has 1 aromatic heterocycles. The fraction of sp³-hybridized carbons (Fsp3) is 0.333. The molecule has 0 aliphatic heterocycles. The van der Waals surface area contributed by atoms with Crippen LogP contribution >= 0.6 is 12.2 Å². The van der Waals surface area contributed by atoms with E-state index in [-0.39, 0.29) is 17.6 Å². The number of aliphatic hydroxyl groups is 1. The Morgan fingerprint density at radius 3 is 3.06 bits per heavy atom. The molecule has 5 N–H and O–H groups in total. The van der Waals surface area contributed by atoms with Gasteiger partial charge in [0, 0.05) is 6.54 Å². The van der Waals surface area contributed by atoms with Crippen LogP contribution in [0.15, 0.2) is 17.5 Å². The molecule has 18 heavy (non-hydrogen) atoms.